The van der Waals surface area contributed by atoms with E-state index in [0.717, 1.165) is 10.0 Å². The Kier molecular flexibility index (Phi) is 5.64. The summed E-state index contributed by atoms with van der Waals surface area (Å²) < 4.78 is 6.44. The third-order valence-corrected chi connectivity index (χ3v) is 4.89. The summed E-state index contributed by atoms with van der Waals surface area (Å²) in [5.41, 5.74) is 2.55. The van der Waals surface area contributed by atoms with E-state index in [-0.39, 0.29) is 5.78 Å². The van der Waals surface area contributed by atoms with E-state index in [1.54, 1.807) is 48.5 Å². The number of ether oxygens (including phenoxy) is 1. The standard InChI is InChI=1S/C22H17BrO3/c1-15-12-13-18(14-19(15)23)22(25)26-21(17-10-6-3-7-11-17)20(24)16-8-4-2-5-9-16/h2-14,21H,1H3. The molecule has 0 aromatic heterocycles. The van der Waals surface area contributed by atoms with Gasteiger partial charge in [0.25, 0.3) is 0 Å². The van der Waals surface area contributed by atoms with Crippen molar-refractivity contribution in [2.24, 2.45) is 0 Å². The molecule has 0 aliphatic carbocycles. The number of hydrogen-bond acceptors (Lipinski definition) is 3. The molecular weight excluding hydrogens is 392 g/mol. The molecule has 0 aliphatic rings. The fraction of sp³-hybridized carbons (Fsp3) is 0.0909. The van der Waals surface area contributed by atoms with Crippen LogP contribution in [0, 0.1) is 6.92 Å². The highest BCUT2D eigenvalue weighted by Crippen LogP contribution is 2.25. The van der Waals surface area contributed by atoms with Crippen LogP contribution in [0.1, 0.15) is 37.9 Å². The number of rotatable bonds is 5. The summed E-state index contributed by atoms with van der Waals surface area (Å²) in [6.45, 7) is 1.94. The minimum atomic E-state index is -0.994. The number of aryl methyl sites for hydroxylation is 1. The maximum atomic E-state index is 12.9. The Morgan fingerprint density at radius 3 is 2.08 bits per heavy atom. The van der Waals surface area contributed by atoms with Gasteiger partial charge in [-0.1, -0.05) is 82.7 Å². The number of carbonyl (C=O) groups excluding carboxylic acids is 2. The van der Waals surface area contributed by atoms with Crippen LogP contribution in [0.15, 0.2) is 83.3 Å². The molecule has 0 saturated carbocycles. The fourth-order valence-electron chi connectivity index (χ4n) is 2.55. The van der Waals surface area contributed by atoms with Crippen molar-refractivity contribution in [3.05, 3.63) is 106 Å². The monoisotopic (exact) mass is 408 g/mol. The zero-order chi connectivity index (χ0) is 18.5. The van der Waals surface area contributed by atoms with Crippen LogP contribution in [0.4, 0.5) is 0 Å². The summed E-state index contributed by atoms with van der Waals surface area (Å²) >= 11 is 3.42. The molecule has 0 bridgehead atoms. The first-order valence-corrected chi connectivity index (χ1v) is 8.97. The van der Waals surface area contributed by atoms with Crippen molar-refractivity contribution < 1.29 is 14.3 Å². The Morgan fingerprint density at radius 2 is 1.46 bits per heavy atom. The Hall–Kier alpha value is -2.72. The van der Waals surface area contributed by atoms with Crippen molar-refractivity contribution in [1.29, 1.82) is 0 Å². The second kappa shape index (κ2) is 8.11. The van der Waals surface area contributed by atoms with Crippen molar-refractivity contribution in [2.45, 2.75) is 13.0 Å². The lowest BCUT2D eigenvalue weighted by Gasteiger charge is -2.18. The molecular formula is C22H17BrO3. The van der Waals surface area contributed by atoms with E-state index in [4.69, 9.17) is 4.74 Å². The largest absolute Gasteiger partial charge is 0.445 e. The highest BCUT2D eigenvalue weighted by molar-refractivity contribution is 9.10. The van der Waals surface area contributed by atoms with E-state index >= 15 is 0 Å². The molecule has 0 amide bonds. The highest BCUT2D eigenvalue weighted by atomic mass is 79.9. The van der Waals surface area contributed by atoms with Crippen molar-refractivity contribution >= 4 is 27.7 Å². The number of hydrogen-bond donors (Lipinski definition) is 0. The number of carbonyl (C=O) groups is 2. The van der Waals surface area contributed by atoms with Gasteiger partial charge in [0.15, 0.2) is 6.10 Å². The molecule has 26 heavy (non-hydrogen) atoms. The summed E-state index contributed by atoms with van der Waals surface area (Å²) in [7, 11) is 0. The first-order chi connectivity index (χ1) is 12.6. The van der Waals surface area contributed by atoms with E-state index in [2.05, 4.69) is 15.9 Å². The molecule has 130 valence electrons. The van der Waals surface area contributed by atoms with Gasteiger partial charge in [-0.05, 0) is 24.6 Å². The Bertz CT molecular complexity index is 921. The van der Waals surface area contributed by atoms with Crippen LogP contribution in [-0.2, 0) is 4.74 Å². The van der Waals surface area contributed by atoms with E-state index in [1.807, 2.05) is 37.3 Å². The van der Waals surface area contributed by atoms with Crippen LogP contribution in [0.3, 0.4) is 0 Å². The quantitative estimate of drug-likeness (QED) is 0.411. The lowest BCUT2D eigenvalue weighted by atomic mass is 9.99. The summed E-state index contributed by atoms with van der Waals surface area (Å²) in [6.07, 6.45) is -0.994. The van der Waals surface area contributed by atoms with Gasteiger partial charge in [-0.3, -0.25) is 4.79 Å². The predicted molar refractivity (Wildman–Crippen MR) is 104 cm³/mol. The molecule has 3 aromatic carbocycles. The van der Waals surface area contributed by atoms with Crippen LogP contribution in [0.2, 0.25) is 0 Å². The highest BCUT2D eigenvalue weighted by Gasteiger charge is 2.26. The Labute approximate surface area is 160 Å². The topological polar surface area (TPSA) is 43.4 Å². The lowest BCUT2D eigenvalue weighted by Crippen LogP contribution is -2.20. The van der Waals surface area contributed by atoms with Crippen LogP contribution in [0.25, 0.3) is 0 Å². The van der Waals surface area contributed by atoms with E-state index in [0.29, 0.717) is 16.7 Å². The van der Waals surface area contributed by atoms with Crippen LogP contribution in [-0.4, -0.2) is 11.8 Å². The zero-order valence-corrected chi connectivity index (χ0v) is 15.8. The molecule has 0 fully saturated rings. The molecule has 0 aliphatic heterocycles. The van der Waals surface area contributed by atoms with E-state index in [1.165, 1.54) is 0 Å². The van der Waals surface area contributed by atoms with Gasteiger partial charge in [-0.15, -0.1) is 0 Å². The van der Waals surface area contributed by atoms with Gasteiger partial charge in [0.05, 0.1) is 5.56 Å². The number of Topliss-reactive ketones (excluding diaryl/α,β-unsaturated/α-hetero) is 1. The van der Waals surface area contributed by atoms with Crippen molar-refractivity contribution in [1.82, 2.24) is 0 Å². The summed E-state index contributed by atoms with van der Waals surface area (Å²) in [6, 6.07) is 23.1. The SMILES string of the molecule is Cc1ccc(C(=O)OC(C(=O)c2ccccc2)c2ccccc2)cc1Br. The normalized spacial score (nSPS) is 11.6. The van der Waals surface area contributed by atoms with Crippen LogP contribution in [0.5, 0.6) is 0 Å². The molecule has 0 spiro atoms. The van der Waals surface area contributed by atoms with Gasteiger partial charge in [0.1, 0.15) is 0 Å². The minimum absolute atomic E-state index is 0.253. The molecule has 1 atom stereocenters. The Morgan fingerprint density at radius 1 is 0.846 bits per heavy atom. The smallest absolute Gasteiger partial charge is 0.339 e. The predicted octanol–water partition coefficient (Wildman–Crippen LogP) is 5.54. The van der Waals surface area contributed by atoms with Crippen molar-refractivity contribution in [3.8, 4) is 0 Å². The molecule has 0 heterocycles. The molecule has 0 saturated heterocycles. The van der Waals surface area contributed by atoms with Crippen LogP contribution < -0.4 is 0 Å². The zero-order valence-electron chi connectivity index (χ0n) is 14.2. The number of halogens is 1. The molecule has 3 nitrogen and oxygen atoms in total. The molecule has 3 aromatic rings. The first-order valence-electron chi connectivity index (χ1n) is 8.17. The first kappa shape index (κ1) is 18.1. The second-order valence-corrected chi connectivity index (χ2v) is 6.74. The summed E-state index contributed by atoms with van der Waals surface area (Å²) in [5, 5.41) is 0. The maximum Gasteiger partial charge on any atom is 0.339 e. The molecule has 3 rings (SSSR count). The molecule has 0 radical (unpaired) electrons. The number of ketones is 1. The average Bonchev–Trinajstić information content (AvgIpc) is 2.69. The second-order valence-electron chi connectivity index (χ2n) is 5.89. The maximum absolute atomic E-state index is 12.9. The third kappa shape index (κ3) is 4.09. The number of esters is 1. The lowest BCUT2D eigenvalue weighted by molar-refractivity contribution is 0.0280. The van der Waals surface area contributed by atoms with E-state index in [9.17, 15) is 9.59 Å². The summed E-state index contributed by atoms with van der Waals surface area (Å²) in [4.78, 5) is 25.6. The van der Waals surface area contributed by atoms with Crippen LogP contribution >= 0.6 is 15.9 Å². The Balaban J connectivity index is 1.92. The van der Waals surface area contributed by atoms with Crippen molar-refractivity contribution in [2.75, 3.05) is 0 Å². The third-order valence-electron chi connectivity index (χ3n) is 4.03. The van der Waals surface area contributed by atoms with Gasteiger partial charge in [0, 0.05) is 15.6 Å². The molecule has 0 N–H and O–H groups in total. The van der Waals surface area contributed by atoms with Gasteiger partial charge in [-0.25, -0.2) is 4.79 Å². The average molecular weight is 409 g/mol. The van der Waals surface area contributed by atoms with Gasteiger partial charge >= 0.3 is 5.97 Å². The van der Waals surface area contributed by atoms with Gasteiger partial charge in [0.2, 0.25) is 5.78 Å². The fourth-order valence-corrected chi connectivity index (χ4v) is 2.93. The minimum Gasteiger partial charge on any atom is -0.445 e. The molecule has 1 unspecified atom stereocenters. The van der Waals surface area contributed by atoms with Gasteiger partial charge < -0.3 is 4.74 Å². The van der Waals surface area contributed by atoms with Crippen molar-refractivity contribution in [3.63, 3.8) is 0 Å². The number of benzene rings is 3. The van der Waals surface area contributed by atoms with Gasteiger partial charge in [-0.2, -0.15) is 0 Å². The van der Waals surface area contributed by atoms with E-state index < -0.39 is 12.1 Å². The summed E-state index contributed by atoms with van der Waals surface area (Å²) in [5.74, 6) is -0.792. The molecule has 4 heteroatoms.